The van der Waals surface area contributed by atoms with Gasteiger partial charge in [-0.15, -0.1) is 0 Å². The number of benzene rings is 1. The zero-order valence-electron chi connectivity index (χ0n) is 11.5. The third-order valence-electron chi connectivity index (χ3n) is 3.67. The Hall–Kier alpha value is -1.17. The van der Waals surface area contributed by atoms with Gasteiger partial charge in [-0.3, -0.25) is 4.79 Å². The molecule has 110 valence electrons. The highest BCUT2D eigenvalue weighted by Crippen LogP contribution is 2.21. The van der Waals surface area contributed by atoms with Gasteiger partial charge in [0.2, 0.25) is 5.91 Å². The molecule has 6 heteroatoms. The van der Waals surface area contributed by atoms with Gasteiger partial charge >= 0.3 is 0 Å². The molecule has 20 heavy (non-hydrogen) atoms. The molecule has 0 aliphatic carbocycles. The largest absolute Gasteiger partial charge is 0.336 e. The van der Waals surface area contributed by atoms with Crippen LogP contribution in [0.2, 0.25) is 5.02 Å². The highest BCUT2D eigenvalue weighted by atomic mass is 35.5. The van der Waals surface area contributed by atoms with Crippen LogP contribution in [0.15, 0.2) is 18.2 Å². The smallest absolute Gasteiger partial charge is 0.227 e. The van der Waals surface area contributed by atoms with Crippen LogP contribution in [0.1, 0.15) is 5.56 Å². The van der Waals surface area contributed by atoms with Crippen molar-refractivity contribution in [3.63, 3.8) is 0 Å². The van der Waals surface area contributed by atoms with Crippen molar-refractivity contribution in [2.45, 2.75) is 12.5 Å². The summed E-state index contributed by atoms with van der Waals surface area (Å²) in [5, 5.41) is 0.289. The standard InChI is InChI=1S/C14H19ClFN3O/c1-18-5-6-19(10(8-17)9-18)14(20)7-11-12(15)3-2-4-13(11)16/h2-4,10H,5-9,17H2,1H3. The predicted molar refractivity (Wildman–Crippen MR) is 77.2 cm³/mol. The first-order chi connectivity index (χ1) is 9.52. The van der Waals surface area contributed by atoms with Crippen LogP contribution in [-0.4, -0.2) is 55.0 Å². The second-order valence-electron chi connectivity index (χ2n) is 5.12. The summed E-state index contributed by atoms with van der Waals surface area (Å²) in [7, 11) is 2.00. The van der Waals surface area contributed by atoms with E-state index in [0.717, 1.165) is 13.1 Å². The van der Waals surface area contributed by atoms with Crippen molar-refractivity contribution < 1.29 is 9.18 Å². The van der Waals surface area contributed by atoms with E-state index >= 15 is 0 Å². The molecule has 0 spiro atoms. The number of amides is 1. The van der Waals surface area contributed by atoms with E-state index in [4.69, 9.17) is 17.3 Å². The van der Waals surface area contributed by atoms with E-state index in [1.165, 1.54) is 12.1 Å². The van der Waals surface area contributed by atoms with Crippen LogP contribution >= 0.6 is 11.6 Å². The molecular formula is C14H19ClFN3O. The number of halogens is 2. The van der Waals surface area contributed by atoms with Crippen LogP contribution < -0.4 is 5.73 Å². The Bertz CT molecular complexity index is 477. The summed E-state index contributed by atoms with van der Waals surface area (Å²) in [6.45, 7) is 2.56. The summed E-state index contributed by atoms with van der Waals surface area (Å²) in [5.41, 5.74) is 5.98. The summed E-state index contributed by atoms with van der Waals surface area (Å²) in [6, 6.07) is 4.42. The van der Waals surface area contributed by atoms with Gasteiger partial charge in [0.25, 0.3) is 0 Å². The third-order valence-corrected chi connectivity index (χ3v) is 4.02. The van der Waals surface area contributed by atoms with Crippen LogP contribution in [0, 0.1) is 5.82 Å². The molecule has 4 nitrogen and oxygen atoms in total. The molecule has 1 amide bonds. The zero-order chi connectivity index (χ0) is 14.7. The molecule has 0 radical (unpaired) electrons. The molecule has 1 heterocycles. The molecule has 0 aromatic heterocycles. The number of nitrogens with two attached hydrogens (primary N) is 1. The van der Waals surface area contributed by atoms with E-state index in [2.05, 4.69) is 4.90 Å². The number of carbonyl (C=O) groups excluding carboxylic acids is 1. The summed E-state index contributed by atoms with van der Waals surface area (Å²) in [5.74, 6) is -0.565. The van der Waals surface area contributed by atoms with E-state index in [9.17, 15) is 9.18 Å². The molecule has 1 fully saturated rings. The monoisotopic (exact) mass is 299 g/mol. The van der Waals surface area contributed by atoms with Crippen LogP contribution in [-0.2, 0) is 11.2 Å². The first-order valence-corrected chi connectivity index (χ1v) is 7.01. The fourth-order valence-electron chi connectivity index (χ4n) is 2.49. The first-order valence-electron chi connectivity index (χ1n) is 6.64. The Labute approximate surface area is 123 Å². The van der Waals surface area contributed by atoms with Gasteiger partial charge in [0.15, 0.2) is 0 Å². The highest BCUT2D eigenvalue weighted by molar-refractivity contribution is 6.31. The molecule has 1 aliphatic rings. The zero-order valence-corrected chi connectivity index (χ0v) is 12.2. The van der Waals surface area contributed by atoms with Gasteiger partial charge in [0.05, 0.1) is 12.5 Å². The van der Waals surface area contributed by atoms with Crippen molar-refractivity contribution in [2.75, 3.05) is 33.2 Å². The highest BCUT2D eigenvalue weighted by Gasteiger charge is 2.28. The molecule has 1 atom stereocenters. The fourth-order valence-corrected chi connectivity index (χ4v) is 2.72. The molecule has 1 aromatic carbocycles. The fraction of sp³-hybridized carbons (Fsp3) is 0.500. The molecule has 2 N–H and O–H groups in total. The van der Waals surface area contributed by atoms with Gasteiger partial charge in [-0.1, -0.05) is 17.7 Å². The lowest BCUT2D eigenvalue weighted by Crippen LogP contribution is -2.57. The Kier molecular flexibility index (Phi) is 4.96. The average molecular weight is 300 g/mol. The molecule has 0 saturated carbocycles. The molecule has 1 aromatic rings. The Morgan fingerprint density at radius 2 is 2.25 bits per heavy atom. The van der Waals surface area contributed by atoms with E-state index in [0.29, 0.717) is 13.1 Å². The molecule has 1 aliphatic heterocycles. The molecular weight excluding hydrogens is 281 g/mol. The number of rotatable bonds is 3. The third kappa shape index (κ3) is 3.29. The quantitative estimate of drug-likeness (QED) is 0.910. The minimum Gasteiger partial charge on any atom is -0.336 e. The Morgan fingerprint density at radius 1 is 1.50 bits per heavy atom. The van der Waals surface area contributed by atoms with Crippen molar-refractivity contribution in [2.24, 2.45) is 5.73 Å². The topological polar surface area (TPSA) is 49.6 Å². The van der Waals surface area contributed by atoms with Gasteiger partial charge in [0.1, 0.15) is 5.82 Å². The van der Waals surface area contributed by atoms with Gasteiger partial charge in [-0.05, 0) is 19.2 Å². The Balaban J connectivity index is 2.11. The maximum absolute atomic E-state index is 13.7. The minimum atomic E-state index is -0.440. The van der Waals surface area contributed by atoms with E-state index in [1.54, 1.807) is 11.0 Å². The van der Waals surface area contributed by atoms with E-state index in [1.807, 2.05) is 7.05 Å². The lowest BCUT2D eigenvalue weighted by molar-refractivity contribution is -0.134. The summed E-state index contributed by atoms with van der Waals surface area (Å²) in [6.07, 6.45) is -0.0221. The van der Waals surface area contributed by atoms with Gasteiger partial charge in [-0.2, -0.15) is 0 Å². The van der Waals surface area contributed by atoms with Crippen molar-refractivity contribution in [3.8, 4) is 0 Å². The van der Waals surface area contributed by atoms with Crippen LogP contribution in [0.25, 0.3) is 0 Å². The maximum atomic E-state index is 13.7. The summed E-state index contributed by atoms with van der Waals surface area (Å²) >= 11 is 5.96. The number of hydrogen-bond donors (Lipinski definition) is 1. The molecule has 1 saturated heterocycles. The molecule has 2 rings (SSSR count). The number of likely N-dealkylation sites (N-methyl/N-ethyl adjacent to an activating group) is 1. The molecule has 1 unspecified atom stereocenters. The number of carbonyl (C=O) groups is 1. The van der Waals surface area contributed by atoms with Crippen molar-refractivity contribution in [1.29, 1.82) is 0 Å². The van der Waals surface area contributed by atoms with Gasteiger partial charge in [-0.25, -0.2) is 4.39 Å². The maximum Gasteiger partial charge on any atom is 0.227 e. The number of hydrogen-bond acceptors (Lipinski definition) is 3. The Morgan fingerprint density at radius 3 is 2.90 bits per heavy atom. The van der Waals surface area contributed by atoms with Crippen LogP contribution in [0.4, 0.5) is 4.39 Å². The average Bonchev–Trinajstić information content (AvgIpc) is 2.42. The van der Waals surface area contributed by atoms with Crippen LogP contribution in [0.5, 0.6) is 0 Å². The van der Waals surface area contributed by atoms with Crippen molar-refractivity contribution >= 4 is 17.5 Å². The van der Waals surface area contributed by atoms with Gasteiger partial charge < -0.3 is 15.5 Å². The lowest BCUT2D eigenvalue weighted by atomic mass is 10.1. The van der Waals surface area contributed by atoms with Crippen LogP contribution in [0.3, 0.4) is 0 Å². The van der Waals surface area contributed by atoms with Crippen molar-refractivity contribution in [1.82, 2.24) is 9.80 Å². The first kappa shape index (κ1) is 15.2. The summed E-state index contributed by atoms with van der Waals surface area (Å²) in [4.78, 5) is 16.2. The normalized spacial score (nSPS) is 20.2. The molecule has 0 bridgehead atoms. The van der Waals surface area contributed by atoms with E-state index in [-0.39, 0.29) is 29.0 Å². The summed E-state index contributed by atoms with van der Waals surface area (Å²) < 4.78 is 13.7. The minimum absolute atomic E-state index is 0.0215. The lowest BCUT2D eigenvalue weighted by Gasteiger charge is -2.39. The predicted octanol–water partition coefficient (Wildman–Crippen LogP) is 1.12. The van der Waals surface area contributed by atoms with E-state index < -0.39 is 5.82 Å². The number of piperazine rings is 1. The second kappa shape index (κ2) is 6.52. The second-order valence-corrected chi connectivity index (χ2v) is 5.52. The SMILES string of the molecule is CN1CCN(C(=O)Cc2c(F)cccc2Cl)C(CN)C1. The number of nitrogens with zero attached hydrogens (tertiary/aromatic N) is 2. The van der Waals surface area contributed by atoms with Crippen molar-refractivity contribution in [3.05, 3.63) is 34.6 Å². The van der Waals surface area contributed by atoms with Gasteiger partial charge in [0, 0.05) is 36.8 Å².